The lowest BCUT2D eigenvalue weighted by molar-refractivity contribution is -0.120. The van der Waals surface area contributed by atoms with Crippen LogP contribution in [0, 0.1) is 5.92 Å². The van der Waals surface area contributed by atoms with Crippen molar-refractivity contribution >= 4 is 21.6 Å². The zero-order valence-electron chi connectivity index (χ0n) is 15.5. The molecule has 146 valence electrons. The number of benzene rings is 1. The molecule has 0 atom stereocenters. The molecule has 27 heavy (non-hydrogen) atoms. The lowest BCUT2D eigenvalue weighted by Crippen LogP contribution is -2.40. The molecule has 8 nitrogen and oxygen atoms in total. The Hall–Kier alpha value is -2.39. The van der Waals surface area contributed by atoms with E-state index in [9.17, 15) is 13.2 Å². The largest absolute Gasteiger partial charge is 0.497 e. The summed E-state index contributed by atoms with van der Waals surface area (Å²) in [5.74, 6) is 0.502. The first-order valence-corrected chi connectivity index (χ1v) is 10.6. The van der Waals surface area contributed by atoms with Gasteiger partial charge >= 0.3 is 0 Å². The highest BCUT2D eigenvalue weighted by molar-refractivity contribution is 7.88. The van der Waals surface area contributed by atoms with Crippen molar-refractivity contribution in [2.24, 2.45) is 5.92 Å². The first kappa shape index (κ1) is 19.4. The van der Waals surface area contributed by atoms with Crippen LogP contribution in [0.4, 0.5) is 5.69 Å². The topological polar surface area (TPSA) is 93.5 Å². The smallest absolute Gasteiger partial charge is 0.227 e. The zero-order valence-corrected chi connectivity index (χ0v) is 16.3. The van der Waals surface area contributed by atoms with E-state index in [2.05, 4.69) is 10.4 Å². The van der Waals surface area contributed by atoms with Gasteiger partial charge < -0.3 is 10.1 Å². The molecule has 1 aromatic carbocycles. The van der Waals surface area contributed by atoms with Crippen LogP contribution in [0.15, 0.2) is 36.7 Å². The Morgan fingerprint density at radius 1 is 1.33 bits per heavy atom. The number of aromatic nitrogens is 2. The van der Waals surface area contributed by atoms with E-state index in [1.54, 1.807) is 24.2 Å². The Morgan fingerprint density at radius 3 is 2.74 bits per heavy atom. The Balaban J connectivity index is 1.55. The number of hydrogen-bond acceptors (Lipinski definition) is 5. The number of amides is 1. The van der Waals surface area contributed by atoms with Crippen LogP contribution < -0.4 is 10.1 Å². The van der Waals surface area contributed by atoms with Gasteiger partial charge in [0.05, 0.1) is 31.8 Å². The van der Waals surface area contributed by atoms with Gasteiger partial charge in [-0.1, -0.05) is 12.1 Å². The van der Waals surface area contributed by atoms with Gasteiger partial charge in [0.2, 0.25) is 15.9 Å². The quantitative estimate of drug-likeness (QED) is 0.805. The predicted molar refractivity (Wildman–Crippen MR) is 102 cm³/mol. The molecule has 3 rings (SSSR count). The van der Waals surface area contributed by atoms with E-state index in [-0.39, 0.29) is 11.8 Å². The molecule has 1 aliphatic heterocycles. The molecule has 0 unspecified atom stereocenters. The van der Waals surface area contributed by atoms with Crippen LogP contribution >= 0.6 is 0 Å². The Kier molecular flexibility index (Phi) is 5.81. The lowest BCUT2D eigenvalue weighted by Gasteiger charge is -2.29. The number of sulfonamides is 1. The van der Waals surface area contributed by atoms with E-state index < -0.39 is 10.0 Å². The minimum atomic E-state index is -3.19. The number of piperidine rings is 1. The molecular weight excluding hydrogens is 368 g/mol. The Labute approximate surface area is 159 Å². The fourth-order valence-corrected chi connectivity index (χ4v) is 4.04. The fraction of sp³-hybridized carbons (Fsp3) is 0.444. The number of ether oxygens (including phenoxy) is 1. The summed E-state index contributed by atoms with van der Waals surface area (Å²) < 4.78 is 31.5. The van der Waals surface area contributed by atoms with E-state index >= 15 is 0 Å². The van der Waals surface area contributed by atoms with Crippen LogP contribution in [0.25, 0.3) is 0 Å². The number of hydrogen-bond donors (Lipinski definition) is 1. The van der Waals surface area contributed by atoms with Gasteiger partial charge in [-0.15, -0.1) is 0 Å². The van der Waals surface area contributed by atoms with Gasteiger partial charge in [-0.2, -0.15) is 5.10 Å². The van der Waals surface area contributed by atoms with Gasteiger partial charge in [-0.25, -0.2) is 12.7 Å². The Morgan fingerprint density at radius 2 is 2.07 bits per heavy atom. The first-order valence-electron chi connectivity index (χ1n) is 8.76. The normalized spacial score (nSPS) is 16.2. The first-order chi connectivity index (χ1) is 12.8. The molecule has 2 heterocycles. The van der Waals surface area contributed by atoms with Gasteiger partial charge in [0.15, 0.2) is 0 Å². The molecule has 0 bridgehead atoms. The van der Waals surface area contributed by atoms with Crippen LogP contribution in [0.5, 0.6) is 5.75 Å². The molecule has 0 saturated carbocycles. The molecule has 2 aromatic rings. The molecule has 1 fully saturated rings. The van der Waals surface area contributed by atoms with Crippen molar-refractivity contribution in [3.63, 3.8) is 0 Å². The van der Waals surface area contributed by atoms with Gasteiger partial charge in [-0.05, 0) is 30.5 Å². The predicted octanol–water partition coefficient (Wildman–Crippen LogP) is 1.55. The van der Waals surface area contributed by atoms with Crippen molar-refractivity contribution in [3.8, 4) is 5.75 Å². The zero-order chi connectivity index (χ0) is 19.4. The highest BCUT2D eigenvalue weighted by atomic mass is 32.2. The highest BCUT2D eigenvalue weighted by Crippen LogP contribution is 2.21. The number of carbonyl (C=O) groups is 1. The van der Waals surface area contributed by atoms with Crippen LogP contribution in [-0.4, -0.2) is 54.9 Å². The number of methoxy groups -OCH3 is 1. The lowest BCUT2D eigenvalue weighted by atomic mass is 9.97. The van der Waals surface area contributed by atoms with E-state index in [1.165, 1.54) is 10.6 Å². The minimum absolute atomic E-state index is 0.0934. The SMILES string of the molecule is COc1cccc(Cn2cc(NC(=O)C3CCN(S(C)(=O)=O)CC3)cn2)c1. The molecule has 0 aliphatic carbocycles. The molecular formula is C18H24N4O4S. The monoisotopic (exact) mass is 392 g/mol. The second-order valence-electron chi connectivity index (χ2n) is 6.70. The molecule has 0 spiro atoms. The summed E-state index contributed by atoms with van der Waals surface area (Å²) >= 11 is 0. The van der Waals surface area contributed by atoms with E-state index in [1.807, 2.05) is 24.3 Å². The molecule has 1 saturated heterocycles. The van der Waals surface area contributed by atoms with Crippen LogP contribution in [-0.2, 0) is 21.4 Å². The number of anilines is 1. The maximum absolute atomic E-state index is 12.4. The van der Waals surface area contributed by atoms with Gasteiger partial charge in [-0.3, -0.25) is 9.48 Å². The summed E-state index contributed by atoms with van der Waals surface area (Å²) in [7, 11) is -1.56. The van der Waals surface area contributed by atoms with Crippen molar-refractivity contribution in [2.45, 2.75) is 19.4 Å². The van der Waals surface area contributed by atoms with Crippen molar-refractivity contribution in [1.29, 1.82) is 0 Å². The van der Waals surface area contributed by atoms with Crippen molar-refractivity contribution in [1.82, 2.24) is 14.1 Å². The number of carbonyl (C=O) groups excluding carboxylic acids is 1. The standard InChI is InChI=1S/C18H24N4O4S/c1-26-17-5-3-4-14(10-17)12-21-13-16(11-19-21)20-18(23)15-6-8-22(9-7-15)27(2,24)25/h3-5,10-11,13,15H,6-9,12H2,1-2H3,(H,20,23). The van der Waals surface area contributed by atoms with E-state index in [0.717, 1.165) is 11.3 Å². The number of nitrogens with one attached hydrogen (secondary N) is 1. The molecule has 1 aliphatic rings. The summed E-state index contributed by atoms with van der Waals surface area (Å²) in [6.07, 6.45) is 5.64. The maximum Gasteiger partial charge on any atom is 0.227 e. The third-order valence-electron chi connectivity index (χ3n) is 4.67. The van der Waals surface area contributed by atoms with Gasteiger partial charge in [0.25, 0.3) is 0 Å². The minimum Gasteiger partial charge on any atom is -0.497 e. The highest BCUT2D eigenvalue weighted by Gasteiger charge is 2.29. The molecule has 1 aromatic heterocycles. The number of nitrogens with zero attached hydrogens (tertiary/aromatic N) is 3. The van der Waals surface area contributed by atoms with Crippen molar-refractivity contribution in [3.05, 3.63) is 42.2 Å². The van der Waals surface area contributed by atoms with Crippen LogP contribution in [0.1, 0.15) is 18.4 Å². The second kappa shape index (κ2) is 8.10. The third kappa shape index (κ3) is 5.08. The fourth-order valence-electron chi connectivity index (χ4n) is 3.17. The van der Waals surface area contributed by atoms with Crippen molar-refractivity contribution in [2.75, 3.05) is 31.8 Å². The second-order valence-corrected chi connectivity index (χ2v) is 8.69. The van der Waals surface area contributed by atoms with E-state index in [0.29, 0.717) is 38.2 Å². The average Bonchev–Trinajstić information content (AvgIpc) is 3.08. The van der Waals surface area contributed by atoms with Gasteiger partial charge in [0.1, 0.15) is 5.75 Å². The maximum atomic E-state index is 12.4. The van der Waals surface area contributed by atoms with E-state index in [4.69, 9.17) is 4.74 Å². The van der Waals surface area contributed by atoms with Crippen LogP contribution in [0.2, 0.25) is 0 Å². The van der Waals surface area contributed by atoms with Crippen LogP contribution in [0.3, 0.4) is 0 Å². The molecule has 1 N–H and O–H groups in total. The molecule has 1 amide bonds. The average molecular weight is 392 g/mol. The third-order valence-corrected chi connectivity index (χ3v) is 5.98. The summed E-state index contributed by atoms with van der Waals surface area (Å²) in [6.45, 7) is 1.33. The Bertz CT molecular complexity index is 902. The summed E-state index contributed by atoms with van der Waals surface area (Å²) in [5.41, 5.74) is 1.68. The van der Waals surface area contributed by atoms with Gasteiger partial charge in [0, 0.05) is 25.2 Å². The molecule has 0 radical (unpaired) electrons. The summed E-state index contributed by atoms with van der Waals surface area (Å²) in [5, 5.41) is 7.16. The summed E-state index contributed by atoms with van der Waals surface area (Å²) in [4.78, 5) is 12.4. The van der Waals surface area contributed by atoms with Crippen molar-refractivity contribution < 1.29 is 17.9 Å². The molecule has 9 heteroatoms. The number of rotatable bonds is 6. The summed E-state index contributed by atoms with van der Waals surface area (Å²) in [6, 6.07) is 7.73.